The Balaban J connectivity index is 2.12. The predicted molar refractivity (Wildman–Crippen MR) is 77.8 cm³/mol. The van der Waals surface area contributed by atoms with Crippen molar-refractivity contribution in [3.63, 3.8) is 0 Å². The minimum absolute atomic E-state index is 0.0791. The number of halogens is 1. The summed E-state index contributed by atoms with van der Waals surface area (Å²) in [5.41, 5.74) is 5.09. The highest BCUT2D eigenvalue weighted by molar-refractivity contribution is 6.31. The molecule has 0 aliphatic heterocycles. The highest BCUT2D eigenvalue weighted by atomic mass is 35.5. The minimum atomic E-state index is 0.0791. The van der Waals surface area contributed by atoms with Crippen LogP contribution in [0.3, 0.4) is 0 Å². The van der Waals surface area contributed by atoms with Crippen molar-refractivity contribution in [1.82, 2.24) is 15.0 Å². The number of hydrogen-bond donors (Lipinski definition) is 2. The third-order valence-corrected chi connectivity index (χ3v) is 3.87. The molecule has 0 aliphatic rings. The SMILES string of the molecule is Cc1c(Cl)cccc1C(CCc1nccn1C)NN. The summed E-state index contributed by atoms with van der Waals surface area (Å²) in [6.45, 7) is 2.02. The van der Waals surface area contributed by atoms with Crippen molar-refractivity contribution in [2.24, 2.45) is 12.9 Å². The first-order valence-electron chi connectivity index (χ1n) is 6.30. The van der Waals surface area contributed by atoms with E-state index < -0.39 is 0 Å². The molecule has 0 fully saturated rings. The summed E-state index contributed by atoms with van der Waals surface area (Å²) in [6, 6.07) is 5.99. The zero-order valence-corrected chi connectivity index (χ0v) is 12.0. The average molecular weight is 279 g/mol. The summed E-state index contributed by atoms with van der Waals surface area (Å²) in [6.07, 6.45) is 5.50. The van der Waals surface area contributed by atoms with E-state index in [2.05, 4.69) is 16.5 Å². The summed E-state index contributed by atoms with van der Waals surface area (Å²) >= 11 is 6.15. The van der Waals surface area contributed by atoms with Crippen molar-refractivity contribution >= 4 is 11.6 Å². The van der Waals surface area contributed by atoms with Crippen LogP contribution >= 0.6 is 11.6 Å². The van der Waals surface area contributed by atoms with Gasteiger partial charge in [-0.15, -0.1) is 0 Å². The zero-order valence-electron chi connectivity index (χ0n) is 11.2. The lowest BCUT2D eigenvalue weighted by molar-refractivity contribution is 0.504. The van der Waals surface area contributed by atoms with Gasteiger partial charge in [-0.2, -0.15) is 0 Å². The van der Waals surface area contributed by atoms with Crippen LogP contribution in [0.2, 0.25) is 5.02 Å². The number of nitrogens with one attached hydrogen (secondary N) is 1. The van der Waals surface area contributed by atoms with Crippen LogP contribution in [0.4, 0.5) is 0 Å². The van der Waals surface area contributed by atoms with E-state index >= 15 is 0 Å². The number of nitrogens with two attached hydrogens (primary N) is 1. The highest BCUT2D eigenvalue weighted by Crippen LogP contribution is 2.26. The van der Waals surface area contributed by atoms with Gasteiger partial charge >= 0.3 is 0 Å². The monoisotopic (exact) mass is 278 g/mol. The first kappa shape index (κ1) is 14.1. The van der Waals surface area contributed by atoms with Crippen LogP contribution in [0.25, 0.3) is 0 Å². The van der Waals surface area contributed by atoms with Gasteiger partial charge in [-0.1, -0.05) is 23.7 Å². The Bertz CT molecular complexity index is 550. The van der Waals surface area contributed by atoms with Crippen LogP contribution in [0, 0.1) is 6.92 Å². The van der Waals surface area contributed by atoms with Gasteiger partial charge in [0, 0.05) is 36.9 Å². The predicted octanol–water partition coefficient (Wildman–Crippen LogP) is 2.52. The molecule has 4 nitrogen and oxygen atoms in total. The summed E-state index contributed by atoms with van der Waals surface area (Å²) in [4.78, 5) is 4.32. The molecule has 19 heavy (non-hydrogen) atoms. The fourth-order valence-electron chi connectivity index (χ4n) is 2.24. The maximum atomic E-state index is 6.15. The fraction of sp³-hybridized carbons (Fsp3) is 0.357. The van der Waals surface area contributed by atoms with Crippen LogP contribution in [-0.4, -0.2) is 9.55 Å². The van der Waals surface area contributed by atoms with E-state index in [0.717, 1.165) is 34.8 Å². The molecular formula is C14H19ClN4. The third-order valence-electron chi connectivity index (χ3n) is 3.46. The van der Waals surface area contributed by atoms with Crippen LogP contribution in [0.1, 0.15) is 29.4 Å². The zero-order chi connectivity index (χ0) is 13.8. The molecule has 1 unspecified atom stereocenters. The Labute approximate surface area is 118 Å². The number of hydrogen-bond acceptors (Lipinski definition) is 3. The standard InChI is InChI=1S/C14H19ClN4/c1-10-11(4-3-5-12(10)15)13(18-16)6-7-14-17-8-9-19(14)2/h3-5,8-9,13,18H,6-7,16H2,1-2H3. The molecule has 0 aliphatic carbocycles. The maximum Gasteiger partial charge on any atom is 0.108 e. The molecular weight excluding hydrogens is 260 g/mol. The summed E-state index contributed by atoms with van der Waals surface area (Å²) in [5.74, 6) is 6.74. The molecule has 0 radical (unpaired) electrons. The molecule has 0 spiro atoms. The molecule has 5 heteroatoms. The number of aromatic nitrogens is 2. The lowest BCUT2D eigenvalue weighted by Gasteiger charge is -2.19. The van der Waals surface area contributed by atoms with Gasteiger partial charge in [-0.3, -0.25) is 11.3 Å². The van der Waals surface area contributed by atoms with Crippen molar-refractivity contribution < 1.29 is 0 Å². The lowest BCUT2D eigenvalue weighted by atomic mass is 9.98. The molecule has 2 rings (SSSR count). The van der Waals surface area contributed by atoms with E-state index in [-0.39, 0.29) is 6.04 Å². The molecule has 1 atom stereocenters. The lowest BCUT2D eigenvalue weighted by Crippen LogP contribution is -2.29. The minimum Gasteiger partial charge on any atom is -0.338 e. The Morgan fingerprint density at radius 3 is 2.89 bits per heavy atom. The molecule has 0 saturated carbocycles. The Hall–Kier alpha value is -1.36. The first-order chi connectivity index (χ1) is 9.13. The quantitative estimate of drug-likeness (QED) is 0.653. The van der Waals surface area contributed by atoms with E-state index in [1.807, 2.05) is 43.1 Å². The molecule has 1 heterocycles. The Morgan fingerprint density at radius 1 is 1.47 bits per heavy atom. The topological polar surface area (TPSA) is 55.9 Å². The largest absolute Gasteiger partial charge is 0.338 e. The Morgan fingerprint density at radius 2 is 2.26 bits per heavy atom. The molecule has 102 valence electrons. The molecule has 1 aromatic carbocycles. The molecule has 1 aromatic heterocycles. The second-order valence-electron chi connectivity index (χ2n) is 4.67. The number of benzene rings is 1. The molecule has 3 N–H and O–H groups in total. The van der Waals surface area contributed by atoms with Crippen molar-refractivity contribution in [3.8, 4) is 0 Å². The normalized spacial score (nSPS) is 12.6. The maximum absolute atomic E-state index is 6.15. The van der Waals surface area contributed by atoms with E-state index in [1.165, 1.54) is 0 Å². The van der Waals surface area contributed by atoms with Crippen LogP contribution < -0.4 is 11.3 Å². The van der Waals surface area contributed by atoms with Crippen molar-refractivity contribution in [2.45, 2.75) is 25.8 Å². The second kappa shape index (κ2) is 6.19. The van der Waals surface area contributed by atoms with Crippen LogP contribution in [-0.2, 0) is 13.5 Å². The van der Waals surface area contributed by atoms with Gasteiger partial charge in [-0.25, -0.2) is 4.98 Å². The summed E-state index contributed by atoms with van der Waals surface area (Å²) in [5, 5.41) is 0.773. The van der Waals surface area contributed by atoms with Gasteiger partial charge in [0.05, 0.1) is 0 Å². The third kappa shape index (κ3) is 3.15. The van der Waals surface area contributed by atoms with Gasteiger partial charge in [0.2, 0.25) is 0 Å². The van der Waals surface area contributed by atoms with E-state index in [9.17, 15) is 0 Å². The summed E-state index contributed by atoms with van der Waals surface area (Å²) in [7, 11) is 2.00. The van der Waals surface area contributed by atoms with Gasteiger partial charge in [0.15, 0.2) is 0 Å². The Kier molecular flexibility index (Phi) is 4.58. The van der Waals surface area contributed by atoms with E-state index in [0.29, 0.717) is 0 Å². The van der Waals surface area contributed by atoms with Crippen molar-refractivity contribution in [2.75, 3.05) is 0 Å². The number of aryl methyl sites for hydroxylation is 2. The summed E-state index contributed by atoms with van der Waals surface area (Å²) < 4.78 is 2.03. The van der Waals surface area contributed by atoms with Gasteiger partial charge < -0.3 is 4.57 Å². The van der Waals surface area contributed by atoms with Crippen molar-refractivity contribution in [3.05, 3.63) is 52.6 Å². The number of nitrogens with zero attached hydrogens (tertiary/aromatic N) is 2. The fourth-order valence-corrected chi connectivity index (χ4v) is 2.42. The number of rotatable bonds is 5. The van der Waals surface area contributed by atoms with Crippen LogP contribution in [0.5, 0.6) is 0 Å². The van der Waals surface area contributed by atoms with Gasteiger partial charge in [0.1, 0.15) is 5.82 Å². The van der Waals surface area contributed by atoms with Gasteiger partial charge in [0.25, 0.3) is 0 Å². The van der Waals surface area contributed by atoms with E-state index in [1.54, 1.807) is 0 Å². The van der Waals surface area contributed by atoms with Gasteiger partial charge in [-0.05, 0) is 30.5 Å². The van der Waals surface area contributed by atoms with Crippen LogP contribution in [0.15, 0.2) is 30.6 Å². The molecule has 0 saturated heterocycles. The number of hydrazine groups is 1. The first-order valence-corrected chi connectivity index (χ1v) is 6.68. The number of imidazole rings is 1. The van der Waals surface area contributed by atoms with Crippen molar-refractivity contribution in [1.29, 1.82) is 0 Å². The van der Waals surface area contributed by atoms with E-state index in [4.69, 9.17) is 17.4 Å². The average Bonchev–Trinajstić information content (AvgIpc) is 2.80. The molecule has 2 aromatic rings. The smallest absolute Gasteiger partial charge is 0.108 e. The molecule has 0 bridgehead atoms. The second-order valence-corrected chi connectivity index (χ2v) is 5.07. The highest BCUT2D eigenvalue weighted by Gasteiger charge is 2.14. The molecule has 0 amide bonds.